The molecule has 1 aromatic heterocycles. The summed E-state index contributed by atoms with van der Waals surface area (Å²) in [5.74, 6) is 0.733. The minimum absolute atomic E-state index is 0. The SMILES string of the molecule is CCCCCCCCCCN1c2nccc[n+]2C[C@@]1(O)c1ccc([N+](=O)[O-])cc1.[Br-]. The zero-order valence-corrected chi connectivity index (χ0v) is 19.1. The highest BCUT2D eigenvalue weighted by Crippen LogP contribution is 2.34. The van der Waals surface area contributed by atoms with Crippen LogP contribution >= 0.6 is 0 Å². The van der Waals surface area contributed by atoms with Crippen molar-refractivity contribution >= 4 is 11.6 Å². The maximum Gasteiger partial charge on any atom is 0.396 e. The van der Waals surface area contributed by atoms with Crippen LogP contribution in [-0.2, 0) is 12.3 Å². The number of hydrogen-bond donors (Lipinski definition) is 1. The average Bonchev–Trinajstić information content (AvgIpc) is 3.02. The molecule has 0 amide bonds. The second-order valence-electron chi connectivity index (χ2n) is 7.79. The van der Waals surface area contributed by atoms with Crippen LogP contribution in [0.1, 0.15) is 63.9 Å². The van der Waals surface area contributed by atoms with E-state index in [0.717, 1.165) is 18.8 Å². The minimum atomic E-state index is -1.25. The average molecular weight is 479 g/mol. The van der Waals surface area contributed by atoms with Gasteiger partial charge in [-0.25, -0.2) is 9.47 Å². The van der Waals surface area contributed by atoms with Gasteiger partial charge >= 0.3 is 5.95 Å². The number of anilines is 1. The van der Waals surface area contributed by atoms with Crippen molar-refractivity contribution in [3.8, 4) is 0 Å². The molecule has 0 aliphatic carbocycles. The van der Waals surface area contributed by atoms with E-state index in [2.05, 4.69) is 11.9 Å². The van der Waals surface area contributed by atoms with Crippen molar-refractivity contribution in [1.82, 2.24) is 4.98 Å². The lowest BCUT2D eigenvalue weighted by molar-refractivity contribution is -0.685. The normalized spacial score (nSPS) is 17.5. The number of aromatic nitrogens is 2. The molecule has 0 radical (unpaired) electrons. The Kier molecular flexibility index (Phi) is 9.17. The molecular weight excluding hydrogens is 448 g/mol. The summed E-state index contributed by atoms with van der Waals surface area (Å²) in [6.07, 6.45) is 13.4. The molecule has 164 valence electrons. The summed E-state index contributed by atoms with van der Waals surface area (Å²) >= 11 is 0. The van der Waals surface area contributed by atoms with Crippen molar-refractivity contribution in [1.29, 1.82) is 0 Å². The molecule has 1 N–H and O–H groups in total. The predicted octanol–water partition coefficient (Wildman–Crippen LogP) is 1.09. The zero-order valence-electron chi connectivity index (χ0n) is 17.5. The highest BCUT2D eigenvalue weighted by molar-refractivity contribution is 5.41. The van der Waals surface area contributed by atoms with Crippen LogP contribution < -0.4 is 26.4 Å². The monoisotopic (exact) mass is 478 g/mol. The Labute approximate surface area is 188 Å². The smallest absolute Gasteiger partial charge is 0.396 e. The third-order valence-corrected chi connectivity index (χ3v) is 5.65. The molecule has 3 rings (SSSR count). The maximum absolute atomic E-state index is 11.6. The van der Waals surface area contributed by atoms with E-state index in [1.54, 1.807) is 18.3 Å². The third-order valence-electron chi connectivity index (χ3n) is 5.65. The standard InChI is InChI=1S/C22H31N4O3.BrH/c1-2-3-4-5-6-7-8-9-17-25-21-23-15-10-16-24(21)18-22(25,27)19-11-13-20(14-12-19)26(28)29;/h10-16,27H,2-9,17-18H2,1H3;1H/q+1;/p-1/t22-;/m1./s1. The number of non-ortho nitro benzene ring substituents is 1. The largest absolute Gasteiger partial charge is 1.00 e. The van der Waals surface area contributed by atoms with Crippen LogP contribution in [0.4, 0.5) is 11.6 Å². The molecule has 0 saturated carbocycles. The summed E-state index contributed by atoms with van der Waals surface area (Å²) in [4.78, 5) is 16.9. The lowest BCUT2D eigenvalue weighted by Crippen LogP contribution is -3.00. The zero-order chi connectivity index (χ0) is 20.7. The molecule has 1 aliphatic rings. The van der Waals surface area contributed by atoms with Gasteiger partial charge in [0.05, 0.1) is 17.7 Å². The second kappa shape index (κ2) is 11.4. The first-order chi connectivity index (χ1) is 14.1. The van der Waals surface area contributed by atoms with E-state index in [9.17, 15) is 15.2 Å². The van der Waals surface area contributed by atoms with Gasteiger partial charge in [0.1, 0.15) is 12.7 Å². The van der Waals surface area contributed by atoms with Crippen molar-refractivity contribution in [2.75, 3.05) is 11.4 Å². The van der Waals surface area contributed by atoms with Gasteiger partial charge in [0.2, 0.25) is 5.72 Å². The van der Waals surface area contributed by atoms with E-state index < -0.39 is 10.6 Å². The lowest BCUT2D eigenvalue weighted by Gasteiger charge is -2.28. The number of unbranched alkanes of at least 4 members (excludes halogenated alkanes) is 7. The number of benzene rings is 1. The molecule has 2 aromatic rings. The van der Waals surface area contributed by atoms with E-state index in [0.29, 0.717) is 18.7 Å². The second-order valence-corrected chi connectivity index (χ2v) is 7.79. The van der Waals surface area contributed by atoms with Gasteiger partial charge < -0.3 is 22.1 Å². The molecule has 0 unspecified atom stereocenters. The van der Waals surface area contributed by atoms with Gasteiger partial charge in [0, 0.05) is 23.8 Å². The van der Waals surface area contributed by atoms with Crippen molar-refractivity contribution < 1.29 is 31.6 Å². The van der Waals surface area contributed by atoms with Crippen molar-refractivity contribution in [2.24, 2.45) is 0 Å². The summed E-state index contributed by atoms with van der Waals surface area (Å²) in [6.45, 7) is 3.27. The highest BCUT2D eigenvalue weighted by Gasteiger charge is 2.51. The van der Waals surface area contributed by atoms with E-state index in [1.807, 2.05) is 21.7 Å². The number of fused-ring (bicyclic) bond motifs is 1. The molecule has 0 fully saturated rings. The first kappa shape index (κ1) is 24.2. The quantitative estimate of drug-likeness (QED) is 0.226. The van der Waals surface area contributed by atoms with Crippen LogP contribution in [0, 0.1) is 10.1 Å². The number of hydrogen-bond acceptors (Lipinski definition) is 5. The van der Waals surface area contributed by atoms with E-state index in [4.69, 9.17) is 0 Å². The Morgan fingerprint density at radius 2 is 1.77 bits per heavy atom. The predicted molar refractivity (Wildman–Crippen MR) is 111 cm³/mol. The lowest BCUT2D eigenvalue weighted by atomic mass is 10.0. The maximum atomic E-state index is 11.6. The number of rotatable bonds is 11. The summed E-state index contributed by atoms with van der Waals surface area (Å²) in [5, 5.41) is 22.5. The number of nitrogens with zero attached hydrogens (tertiary/aromatic N) is 4. The summed E-state index contributed by atoms with van der Waals surface area (Å²) < 4.78 is 1.94. The fourth-order valence-corrected chi connectivity index (χ4v) is 4.02. The number of halogens is 1. The molecule has 1 atom stereocenters. The number of nitro groups is 1. The summed E-state index contributed by atoms with van der Waals surface area (Å²) in [6, 6.07) is 8.03. The van der Waals surface area contributed by atoms with Crippen LogP contribution in [0.15, 0.2) is 42.7 Å². The molecular formula is C22H31BrN4O3. The molecule has 30 heavy (non-hydrogen) atoms. The van der Waals surface area contributed by atoms with Crippen LogP contribution in [0.3, 0.4) is 0 Å². The Balaban J connectivity index is 0.00000320. The highest BCUT2D eigenvalue weighted by atomic mass is 79.9. The van der Waals surface area contributed by atoms with Crippen LogP contribution in [-0.4, -0.2) is 21.6 Å². The molecule has 1 aliphatic heterocycles. The summed E-state index contributed by atoms with van der Waals surface area (Å²) in [7, 11) is 0. The van der Waals surface area contributed by atoms with Gasteiger partial charge in [-0.15, -0.1) is 0 Å². The number of nitro benzene ring substituents is 1. The fraction of sp³-hybridized carbons (Fsp3) is 0.545. The van der Waals surface area contributed by atoms with Gasteiger partial charge in [-0.05, 0) is 18.6 Å². The van der Waals surface area contributed by atoms with Gasteiger partial charge in [-0.1, -0.05) is 56.9 Å². The Hall–Kier alpha value is -2.06. The molecule has 1 aromatic carbocycles. The van der Waals surface area contributed by atoms with Crippen LogP contribution in [0.5, 0.6) is 0 Å². The fourth-order valence-electron chi connectivity index (χ4n) is 4.02. The molecule has 0 spiro atoms. The van der Waals surface area contributed by atoms with Crippen LogP contribution in [0.25, 0.3) is 0 Å². The van der Waals surface area contributed by atoms with E-state index in [-0.39, 0.29) is 22.7 Å². The first-order valence-electron chi connectivity index (χ1n) is 10.7. The van der Waals surface area contributed by atoms with Crippen molar-refractivity contribution in [3.05, 3.63) is 58.4 Å². The summed E-state index contributed by atoms with van der Waals surface area (Å²) in [5.41, 5.74) is -0.584. The van der Waals surface area contributed by atoms with Gasteiger partial charge in [-0.2, -0.15) is 0 Å². The molecule has 8 heteroatoms. The van der Waals surface area contributed by atoms with E-state index >= 15 is 0 Å². The molecule has 0 saturated heterocycles. The topological polar surface area (TPSA) is 83.4 Å². The van der Waals surface area contributed by atoms with Crippen molar-refractivity contribution in [2.45, 2.75) is 70.6 Å². The minimum Gasteiger partial charge on any atom is -1.00 e. The molecule has 7 nitrogen and oxygen atoms in total. The van der Waals surface area contributed by atoms with Gasteiger partial charge in [-0.3, -0.25) is 10.1 Å². The number of aliphatic hydroxyl groups is 1. The Bertz CT molecular complexity index is 818. The van der Waals surface area contributed by atoms with Gasteiger partial charge in [0.25, 0.3) is 5.69 Å². The Morgan fingerprint density at radius 1 is 1.13 bits per heavy atom. The third kappa shape index (κ3) is 5.55. The van der Waals surface area contributed by atoms with Gasteiger partial charge in [0.15, 0.2) is 0 Å². The molecule has 2 heterocycles. The molecule has 0 bridgehead atoms. The van der Waals surface area contributed by atoms with E-state index in [1.165, 1.54) is 50.7 Å². The first-order valence-corrected chi connectivity index (χ1v) is 10.7. The van der Waals surface area contributed by atoms with Crippen LogP contribution in [0.2, 0.25) is 0 Å². The Morgan fingerprint density at radius 3 is 2.40 bits per heavy atom. The van der Waals surface area contributed by atoms with Crippen molar-refractivity contribution in [3.63, 3.8) is 0 Å².